The van der Waals surface area contributed by atoms with Crippen LogP contribution in [0.4, 0.5) is 11.4 Å². The molecule has 11 aliphatic heterocycles. The van der Waals surface area contributed by atoms with Crippen LogP contribution in [0.3, 0.4) is 0 Å². The maximum absolute atomic E-state index is 14.0. The Bertz CT molecular complexity index is 2110. The lowest BCUT2D eigenvalue weighted by Gasteiger charge is -2.79. The highest BCUT2D eigenvalue weighted by molar-refractivity contribution is 5.93. The fourth-order valence-electron chi connectivity index (χ4n) is 17.2. The van der Waals surface area contributed by atoms with Gasteiger partial charge in [0.15, 0.2) is 5.72 Å². The smallest absolute Gasteiger partial charge is 0.335 e. The number of piperidine rings is 3. The van der Waals surface area contributed by atoms with Crippen molar-refractivity contribution in [3.63, 3.8) is 0 Å². The second kappa shape index (κ2) is 9.10. The molecule has 15 rings (SSSR count). The number of fused-ring (bicyclic) bond motifs is 2. The predicted octanol–water partition coefficient (Wildman–Crippen LogP) is 4.18. The van der Waals surface area contributed by atoms with Crippen LogP contribution in [0.1, 0.15) is 56.1 Å². The van der Waals surface area contributed by atoms with Gasteiger partial charge in [-0.25, -0.2) is 4.79 Å². The van der Waals surface area contributed by atoms with E-state index in [1.165, 1.54) is 16.8 Å². The van der Waals surface area contributed by atoms with E-state index >= 15 is 0 Å². The highest BCUT2D eigenvalue weighted by Crippen LogP contribution is 2.82. The van der Waals surface area contributed by atoms with Crippen LogP contribution < -0.4 is 15.0 Å². The Kier molecular flexibility index (Phi) is 5.17. The van der Waals surface area contributed by atoms with E-state index in [0.29, 0.717) is 31.1 Å². The number of benzene rings is 2. The maximum atomic E-state index is 14.0. The van der Waals surface area contributed by atoms with Crippen molar-refractivity contribution in [2.75, 3.05) is 70.4 Å². The first-order valence-electron chi connectivity index (χ1n) is 20.5. The summed E-state index contributed by atoms with van der Waals surface area (Å²) in [7, 11) is 3.39. The molecule has 53 heavy (non-hydrogen) atoms. The lowest BCUT2D eigenvalue weighted by atomic mass is 9.40. The molecule has 0 unspecified atom stereocenters. The molecule has 1 saturated carbocycles. The summed E-state index contributed by atoms with van der Waals surface area (Å²) < 4.78 is 34.0. The van der Waals surface area contributed by atoms with Gasteiger partial charge >= 0.3 is 5.97 Å². The van der Waals surface area contributed by atoms with E-state index in [0.717, 1.165) is 101 Å². The van der Waals surface area contributed by atoms with E-state index in [2.05, 4.69) is 62.5 Å². The largest absolute Gasteiger partial charge is 0.495 e. The average molecular weight is 717 g/mol. The normalized spacial score (nSPS) is 49.6. The zero-order chi connectivity index (χ0) is 34.9. The molecule has 10 heteroatoms. The third-order valence-corrected chi connectivity index (χ3v) is 18.1. The molecule has 2 aromatic carbocycles. The van der Waals surface area contributed by atoms with Gasteiger partial charge < -0.3 is 33.9 Å². The Morgan fingerprint density at radius 2 is 1.72 bits per heavy atom. The highest BCUT2D eigenvalue weighted by Gasteiger charge is 2.90. The SMILES string of the molecule is COC(=O)C1=C2Nc3ccccc3[C@@]23CCN2C[C@@]4(CN5c6c(OC)cccc6[C@@]67CCN8CC[C@@H]9OCC[C@]9(C[C@H]9[C@H]4O[C@@]956)[C@H]87)[C@@H]4OCC[C@]4(C1)[C@H]23. The number of nitrogens with one attached hydrogen (secondary N) is 1. The van der Waals surface area contributed by atoms with Crippen molar-refractivity contribution >= 4 is 17.3 Å². The second-order valence-electron chi connectivity index (χ2n) is 19.0. The summed E-state index contributed by atoms with van der Waals surface area (Å²) >= 11 is 0. The van der Waals surface area contributed by atoms with Crippen molar-refractivity contribution in [2.45, 2.75) is 91.9 Å². The molecule has 2 bridgehead atoms. The van der Waals surface area contributed by atoms with Crippen molar-refractivity contribution in [2.24, 2.45) is 22.2 Å². The molecule has 0 aromatic heterocycles. The number of methoxy groups -OCH3 is 2. The van der Waals surface area contributed by atoms with Crippen molar-refractivity contribution in [1.29, 1.82) is 0 Å². The van der Waals surface area contributed by atoms with Crippen molar-refractivity contribution < 1.29 is 28.5 Å². The van der Waals surface area contributed by atoms with Gasteiger partial charge in [0.05, 0.1) is 60.0 Å². The average Bonchev–Trinajstić information content (AvgIpc) is 4.03. The van der Waals surface area contributed by atoms with Gasteiger partial charge in [-0.3, -0.25) is 9.80 Å². The number of ether oxygens (including phenoxy) is 5. The minimum absolute atomic E-state index is 0.0597. The number of esters is 1. The van der Waals surface area contributed by atoms with Crippen molar-refractivity contribution in [3.8, 4) is 5.75 Å². The summed E-state index contributed by atoms with van der Waals surface area (Å²) in [4.78, 5) is 22.5. The van der Waals surface area contributed by atoms with Gasteiger partial charge in [-0.2, -0.15) is 0 Å². The predicted molar refractivity (Wildman–Crippen MR) is 194 cm³/mol. The number of rotatable bonds is 2. The highest BCUT2D eigenvalue weighted by atomic mass is 16.6. The van der Waals surface area contributed by atoms with E-state index < -0.39 is 5.72 Å². The first-order valence-corrected chi connectivity index (χ1v) is 20.5. The van der Waals surface area contributed by atoms with Crippen LogP contribution in [0, 0.1) is 22.2 Å². The molecule has 0 amide bonds. The second-order valence-corrected chi connectivity index (χ2v) is 19.0. The standard InChI is InChI=1S/C43H48N4O6/c1-49-29-9-5-7-26-31(29)47-23-40(33-27-21-38-13-18-51-30(38)10-15-45-17-12-42(26,36(38)45)43(27,47)53-33)22-46-16-11-41-25-6-3-4-8-28(25)44-32(41)24(34(48)50-2)20-39(35(41)46)14-19-52-37(39)40/h3-9,27,30,33,35-37,44H,10-23H2,1-2H3/t27-,30-,33+,35-,36-,37+,38+,39-,40-,41-,42+,43+/m0/s1. The zero-order valence-corrected chi connectivity index (χ0v) is 30.7. The Labute approximate surface area is 310 Å². The summed E-state index contributed by atoms with van der Waals surface area (Å²) in [5.74, 6) is 1.12. The molecule has 6 spiro atoms. The molecule has 0 radical (unpaired) electrons. The topological polar surface area (TPSA) is 85.0 Å². The number of hydrogen-bond acceptors (Lipinski definition) is 10. The third-order valence-electron chi connectivity index (χ3n) is 18.1. The number of carbonyl (C=O) groups is 1. The minimum Gasteiger partial charge on any atom is -0.495 e. The van der Waals surface area contributed by atoms with Gasteiger partial charge in [0.1, 0.15) is 5.75 Å². The molecular weight excluding hydrogens is 668 g/mol. The molecule has 13 aliphatic rings. The number of para-hydroxylation sites is 2. The van der Waals surface area contributed by atoms with Gasteiger partial charge in [-0.1, -0.05) is 30.3 Å². The van der Waals surface area contributed by atoms with Crippen LogP contribution in [0.2, 0.25) is 0 Å². The fourth-order valence-corrected chi connectivity index (χ4v) is 17.2. The van der Waals surface area contributed by atoms with Crippen molar-refractivity contribution in [1.82, 2.24) is 9.80 Å². The summed E-state index contributed by atoms with van der Waals surface area (Å²) in [5, 5.41) is 3.81. The van der Waals surface area contributed by atoms with E-state index in [1.54, 1.807) is 7.11 Å². The number of nitrogens with zero attached hydrogens (tertiary/aromatic N) is 3. The quantitative estimate of drug-likeness (QED) is 0.458. The van der Waals surface area contributed by atoms with Crippen LogP contribution in [0.15, 0.2) is 53.7 Å². The van der Waals surface area contributed by atoms with E-state index in [4.69, 9.17) is 23.7 Å². The molecule has 10 fully saturated rings. The summed E-state index contributed by atoms with van der Waals surface area (Å²) in [6, 6.07) is 16.3. The van der Waals surface area contributed by atoms with Gasteiger partial charge in [0, 0.05) is 73.1 Å². The number of carbonyl (C=O) groups excluding carboxylic acids is 1. The van der Waals surface area contributed by atoms with Crippen LogP contribution in [-0.4, -0.2) is 112 Å². The summed E-state index contributed by atoms with van der Waals surface area (Å²) in [6.07, 6.45) is 7.40. The van der Waals surface area contributed by atoms with Crippen LogP contribution in [-0.2, 0) is 34.6 Å². The molecule has 9 saturated heterocycles. The zero-order valence-electron chi connectivity index (χ0n) is 30.7. The number of anilines is 2. The number of hydrogen-bond donors (Lipinski definition) is 1. The molecule has 11 heterocycles. The minimum atomic E-state index is -0.394. The van der Waals surface area contributed by atoms with Gasteiger partial charge in [0.2, 0.25) is 0 Å². The Balaban J connectivity index is 0.994. The Morgan fingerprint density at radius 3 is 2.62 bits per heavy atom. The van der Waals surface area contributed by atoms with Crippen LogP contribution >= 0.6 is 0 Å². The Hall–Kier alpha value is -3.15. The van der Waals surface area contributed by atoms with Gasteiger partial charge in [-0.15, -0.1) is 0 Å². The molecular formula is C43H48N4O6. The molecule has 2 aromatic rings. The summed E-state index contributed by atoms with van der Waals surface area (Å²) in [5.41, 5.74) is 5.83. The van der Waals surface area contributed by atoms with Crippen LogP contribution in [0.5, 0.6) is 5.75 Å². The first kappa shape index (κ1) is 30.1. The molecule has 10 nitrogen and oxygen atoms in total. The first-order chi connectivity index (χ1) is 25.9. The third kappa shape index (κ3) is 2.77. The fraction of sp³-hybridized carbons (Fsp3) is 0.651. The molecule has 1 N–H and O–H groups in total. The Morgan fingerprint density at radius 1 is 0.868 bits per heavy atom. The van der Waals surface area contributed by atoms with Gasteiger partial charge in [-0.05, 0) is 81.3 Å². The van der Waals surface area contributed by atoms with Crippen molar-refractivity contribution in [3.05, 3.63) is 64.9 Å². The van der Waals surface area contributed by atoms with Gasteiger partial charge in [0.25, 0.3) is 0 Å². The monoisotopic (exact) mass is 716 g/mol. The lowest BCUT2D eigenvalue weighted by molar-refractivity contribution is -0.397. The summed E-state index contributed by atoms with van der Waals surface area (Å²) in [6.45, 7) is 6.59. The molecule has 276 valence electrons. The maximum Gasteiger partial charge on any atom is 0.335 e. The lowest BCUT2D eigenvalue weighted by Crippen LogP contribution is -2.92. The molecule has 2 aliphatic carbocycles. The van der Waals surface area contributed by atoms with E-state index in [-0.39, 0.29) is 51.3 Å². The molecule has 12 atom stereocenters. The van der Waals surface area contributed by atoms with Crippen LogP contribution in [0.25, 0.3) is 0 Å². The van der Waals surface area contributed by atoms with E-state index in [1.807, 2.05) is 7.11 Å². The van der Waals surface area contributed by atoms with E-state index in [9.17, 15) is 4.79 Å².